The van der Waals surface area contributed by atoms with Gasteiger partial charge in [0.2, 0.25) is 5.91 Å². The summed E-state index contributed by atoms with van der Waals surface area (Å²) in [6, 6.07) is 17.4. The van der Waals surface area contributed by atoms with Crippen molar-refractivity contribution in [2.24, 2.45) is 5.92 Å². The van der Waals surface area contributed by atoms with Crippen LogP contribution in [-0.2, 0) is 4.79 Å². The lowest BCUT2D eigenvalue weighted by molar-refractivity contribution is -0.117. The summed E-state index contributed by atoms with van der Waals surface area (Å²) in [7, 11) is 0. The summed E-state index contributed by atoms with van der Waals surface area (Å²) >= 11 is 4.71. The molecule has 2 aromatic carbocycles. The van der Waals surface area contributed by atoms with Crippen LogP contribution in [0.3, 0.4) is 0 Å². The number of carboxylic acid groups (broad SMARTS) is 1. The summed E-state index contributed by atoms with van der Waals surface area (Å²) in [5.74, 6) is -1.06. The summed E-state index contributed by atoms with van der Waals surface area (Å²) in [5, 5.41) is 14.2. The van der Waals surface area contributed by atoms with E-state index in [4.69, 9.17) is 0 Å². The molecule has 1 amide bonds. The topological polar surface area (TPSA) is 66.4 Å². The molecule has 4 nitrogen and oxygen atoms in total. The van der Waals surface area contributed by atoms with Crippen LogP contribution in [0.2, 0.25) is 0 Å². The summed E-state index contributed by atoms with van der Waals surface area (Å²) < 4.78 is 0.925. The lowest BCUT2D eigenvalue weighted by atomic mass is 10.1. The van der Waals surface area contributed by atoms with Gasteiger partial charge in [-0.15, -0.1) is 11.3 Å². The monoisotopic (exact) mass is 441 g/mol. The van der Waals surface area contributed by atoms with E-state index in [1.54, 1.807) is 5.38 Å². The zero-order valence-corrected chi connectivity index (χ0v) is 16.6. The predicted octanol–water partition coefficient (Wildman–Crippen LogP) is 5.62. The van der Waals surface area contributed by atoms with E-state index in [0.717, 1.165) is 22.0 Å². The van der Waals surface area contributed by atoms with Crippen molar-refractivity contribution in [1.29, 1.82) is 0 Å². The van der Waals surface area contributed by atoms with Crippen molar-refractivity contribution in [3.05, 3.63) is 75.6 Å². The second-order valence-corrected chi connectivity index (χ2v) is 8.31. The Morgan fingerprint density at radius 2 is 1.78 bits per heavy atom. The smallest absolute Gasteiger partial charge is 0.339 e. The van der Waals surface area contributed by atoms with Crippen LogP contribution in [0.1, 0.15) is 28.3 Å². The van der Waals surface area contributed by atoms with Crippen molar-refractivity contribution in [2.75, 3.05) is 5.32 Å². The first-order valence-corrected chi connectivity index (χ1v) is 10.2. The van der Waals surface area contributed by atoms with Gasteiger partial charge in [-0.2, -0.15) is 0 Å². The Morgan fingerprint density at radius 1 is 1.07 bits per heavy atom. The molecule has 2 unspecified atom stereocenters. The highest BCUT2D eigenvalue weighted by Crippen LogP contribution is 2.48. The fraction of sp³-hybridized carbons (Fsp3) is 0.143. The van der Waals surface area contributed by atoms with Gasteiger partial charge in [0.25, 0.3) is 0 Å². The molecule has 136 valence electrons. The SMILES string of the molecule is O=C(O)c1c(NC(=O)C2CC2c2ccccc2)csc1-c1ccc(Br)cc1. The third-order valence-electron chi connectivity index (χ3n) is 4.72. The standard InChI is InChI=1S/C21H16BrNO3S/c22-14-8-6-13(7-9-14)19-18(21(25)26)17(11-27-19)23-20(24)16-10-15(16)12-4-2-1-3-5-12/h1-9,11,15-16H,10H2,(H,23,24)(H,25,26). The number of benzene rings is 2. The Kier molecular flexibility index (Phi) is 4.85. The number of anilines is 1. The van der Waals surface area contributed by atoms with E-state index >= 15 is 0 Å². The maximum Gasteiger partial charge on any atom is 0.339 e. The van der Waals surface area contributed by atoms with Crippen molar-refractivity contribution in [3.63, 3.8) is 0 Å². The van der Waals surface area contributed by atoms with Crippen molar-refractivity contribution in [2.45, 2.75) is 12.3 Å². The number of amides is 1. The van der Waals surface area contributed by atoms with Crippen LogP contribution in [0.25, 0.3) is 10.4 Å². The van der Waals surface area contributed by atoms with E-state index in [1.165, 1.54) is 11.3 Å². The number of carbonyl (C=O) groups is 2. The molecular weight excluding hydrogens is 426 g/mol. The van der Waals surface area contributed by atoms with Crippen LogP contribution in [-0.4, -0.2) is 17.0 Å². The highest BCUT2D eigenvalue weighted by Gasteiger charge is 2.44. The molecule has 27 heavy (non-hydrogen) atoms. The van der Waals surface area contributed by atoms with Crippen LogP contribution in [0, 0.1) is 5.92 Å². The number of carboxylic acids is 1. The molecule has 4 rings (SSSR count). The minimum Gasteiger partial charge on any atom is -0.478 e. The number of aromatic carboxylic acids is 1. The Morgan fingerprint density at radius 3 is 2.44 bits per heavy atom. The van der Waals surface area contributed by atoms with E-state index in [-0.39, 0.29) is 23.3 Å². The van der Waals surface area contributed by atoms with Crippen molar-refractivity contribution in [3.8, 4) is 10.4 Å². The van der Waals surface area contributed by atoms with Crippen LogP contribution < -0.4 is 5.32 Å². The molecule has 1 aliphatic carbocycles. The van der Waals surface area contributed by atoms with E-state index in [2.05, 4.69) is 21.2 Å². The molecule has 0 bridgehead atoms. The summed E-state index contributed by atoms with van der Waals surface area (Å²) in [6.45, 7) is 0. The third-order valence-corrected chi connectivity index (χ3v) is 6.28. The minimum absolute atomic E-state index is 0.106. The van der Waals surface area contributed by atoms with Crippen LogP contribution >= 0.6 is 27.3 Å². The first-order chi connectivity index (χ1) is 13.0. The molecule has 3 aromatic rings. The molecule has 1 aliphatic rings. The van der Waals surface area contributed by atoms with E-state index in [9.17, 15) is 14.7 Å². The van der Waals surface area contributed by atoms with Gasteiger partial charge in [0.15, 0.2) is 0 Å². The molecule has 0 radical (unpaired) electrons. The van der Waals surface area contributed by atoms with E-state index in [1.807, 2.05) is 54.6 Å². The first-order valence-electron chi connectivity index (χ1n) is 8.51. The molecule has 2 atom stereocenters. The van der Waals surface area contributed by atoms with Gasteiger partial charge in [0, 0.05) is 15.8 Å². The van der Waals surface area contributed by atoms with E-state index < -0.39 is 5.97 Å². The highest BCUT2D eigenvalue weighted by molar-refractivity contribution is 9.10. The Bertz CT molecular complexity index is 998. The Hall–Kier alpha value is -2.44. The molecular formula is C21H16BrNO3S. The van der Waals surface area contributed by atoms with Gasteiger partial charge < -0.3 is 10.4 Å². The van der Waals surface area contributed by atoms with Gasteiger partial charge in [-0.25, -0.2) is 4.79 Å². The number of thiophene rings is 1. The second-order valence-electron chi connectivity index (χ2n) is 6.51. The van der Waals surface area contributed by atoms with Crippen LogP contribution in [0.5, 0.6) is 0 Å². The van der Waals surface area contributed by atoms with Gasteiger partial charge >= 0.3 is 5.97 Å². The molecule has 2 N–H and O–H groups in total. The van der Waals surface area contributed by atoms with Crippen molar-refractivity contribution >= 4 is 44.8 Å². The van der Waals surface area contributed by atoms with Gasteiger partial charge in [-0.05, 0) is 35.6 Å². The Balaban J connectivity index is 1.55. The van der Waals surface area contributed by atoms with Gasteiger partial charge in [-0.1, -0.05) is 58.4 Å². The number of hydrogen-bond donors (Lipinski definition) is 2. The van der Waals surface area contributed by atoms with E-state index in [0.29, 0.717) is 10.6 Å². The fourth-order valence-electron chi connectivity index (χ4n) is 3.25. The second kappa shape index (κ2) is 7.29. The summed E-state index contributed by atoms with van der Waals surface area (Å²) in [4.78, 5) is 25.1. The lowest BCUT2D eigenvalue weighted by Crippen LogP contribution is -2.16. The number of nitrogens with one attached hydrogen (secondary N) is 1. The number of halogens is 1. The predicted molar refractivity (Wildman–Crippen MR) is 110 cm³/mol. The first kappa shape index (κ1) is 17.9. The maximum absolute atomic E-state index is 12.6. The molecule has 1 aromatic heterocycles. The van der Waals surface area contributed by atoms with Gasteiger partial charge in [0.1, 0.15) is 5.56 Å². The molecule has 1 fully saturated rings. The third kappa shape index (κ3) is 3.68. The Labute approximate surface area is 169 Å². The number of hydrogen-bond acceptors (Lipinski definition) is 3. The average molecular weight is 442 g/mol. The van der Waals surface area contributed by atoms with Gasteiger partial charge in [0.05, 0.1) is 10.6 Å². The van der Waals surface area contributed by atoms with Gasteiger partial charge in [-0.3, -0.25) is 4.79 Å². The van der Waals surface area contributed by atoms with Crippen LogP contribution in [0.15, 0.2) is 64.5 Å². The number of rotatable bonds is 5. The summed E-state index contributed by atoms with van der Waals surface area (Å²) in [5.41, 5.74) is 2.48. The largest absolute Gasteiger partial charge is 0.478 e. The molecule has 1 heterocycles. The average Bonchev–Trinajstić information content (AvgIpc) is 3.37. The quantitative estimate of drug-likeness (QED) is 0.539. The summed E-state index contributed by atoms with van der Waals surface area (Å²) in [6.07, 6.45) is 0.794. The molecule has 0 saturated heterocycles. The van der Waals surface area contributed by atoms with Crippen LogP contribution in [0.4, 0.5) is 5.69 Å². The maximum atomic E-state index is 12.6. The molecule has 0 aliphatic heterocycles. The lowest BCUT2D eigenvalue weighted by Gasteiger charge is -2.06. The minimum atomic E-state index is -1.04. The number of carbonyl (C=O) groups excluding carboxylic acids is 1. The zero-order valence-electron chi connectivity index (χ0n) is 14.2. The zero-order chi connectivity index (χ0) is 19.0. The van der Waals surface area contributed by atoms with Crippen molar-refractivity contribution < 1.29 is 14.7 Å². The van der Waals surface area contributed by atoms with Crippen molar-refractivity contribution in [1.82, 2.24) is 0 Å². The molecule has 1 saturated carbocycles. The highest BCUT2D eigenvalue weighted by atomic mass is 79.9. The normalized spacial score (nSPS) is 18.1. The molecule has 6 heteroatoms. The molecule has 0 spiro atoms. The fourth-order valence-corrected chi connectivity index (χ4v) is 4.52.